The summed E-state index contributed by atoms with van der Waals surface area (Å²) in [5.41, 5.74) is 6.60. The Bertz CT molecular complexity index is 543. The molecule has 8 heteroatoms. The molecule has 136 valence electrons. The van der Waals surface area contributed by atoms with Gasteiger partial charge in [0.05, 0.1) is 11.8 Å². The highest BCUT2D eigenvalue weighted by atomic mass is 16.3. The summed E-state index contributed by atoms with van der Waals surface area (Å²) >= 11 is 0. The first-order chi connectivity index (χ1) is 11.2. The maximum atomic E-state index is 12.8. The minimum absolute atomic E-state index is 0.0143. The summed E-state index contributed by atoms with van der Waals surface area (Å²) in [4.78, 5) is 17.0. The van der Waals surface area contributed by atoms with Crippen LogP contribution in [0.15, 0.2) is 6.20 Å². The molecule has 24 heavy (non-hydrogen) atoms. The molecule has 0 aliphatic carbocycles. The third-order valence-corrected chi connectivity index (χ3v) is 4.43. The number of nitrogens with two attached hydrogens (primary N) is 1. The Balaban J connectivity index is 2.01. The van der Waals surface area contributed by atoms with Gasteiger partial charge in [0.2, 0.25) is 5.91 Å². The first-order valence-corrected chi connectivity index (χ1v) is 8.55. The van der Waals surface area contributed by atoms with Crippen molar-refractivity contribution in [1.82, 2.24) is 24.8 Å². The van der Waals surface area contributed by atoms with E-state index < -0.39 is 12.1 Å². The Morgan fingerprint density at radius 3 is 2.46 bits per heavy atom. The van der Waals surface area contributed by atoms with Gasteiger partial charge in [-0.3, -0.25) is 9.69 Å². The number of aromatic nitrogens is 3. The summed E-state index contributed by atoms with van der Waals surface area (Å²) in [6.07, 6.45) is 1.62. The topological polar surface area (TPSA) is 101 Å². The molecule has 1 unspecified atom stereocenters. The molecule has 0 radical (unpaired) electrons. The van der Waals surface area contributed by atoms with E-state index in [-0.39, 0.29) is 18.0 Å². The van der Waals surface area contributed by atoms with E-state index in [1.54, 1.807) is 13.1 Å². The van der Waals surface area contributed by atoms with Crippen LogP contribution in [0.25, 0.3) is 0 Å². The number of rotatable bonds is 5. The number of nitrogens with zero attached hydrogens (tertiary/aromatic N) is 5. The number of aliphatic hydroxyl groups is 1. The molecular formula is C16H30N6O2. The second-order valence-electron chi connectivity index (χ2n) is 7.48. The summed E-state index contributed by atoms with van der Waals surface area (Å²) in [5.74, 6) is -0.0143. The van der Waals surface area contributed by atoms with Gasteiger partial charge in [-0.2, -0.15) is 0 Å². The van der Waals surface area contributed by atoms with E-state index in [0.717, 1.165) is 13.1 Å². The highest BCUT2D eigenvalue weighted by molar-refractivity contribution is 5.80. The molecule has 1 aliphatic heterocycles. The van der Waals surface area contributed by atoms with Crippen LogP contribution in [-0.2, 0) is 11.2 Å². The van der Waals surface area contributed by atoms with Gasteiger partial charge in [-0.15, -0.1) is 5.10 Å². The van der Waals surface area contributed by atoms with Gasteiger partial charge in [0.25, 0.3) is 0 Å². The van der Waals surface area contributed by atoms with Crippen LogP contribution in [0.3, 0.4) is 0 Å². The molecule has 1 amide bonds. The fourth-order valence-corrected chi connectivity index (χ4v) is 2.99. The fraction of sp³-hybridized carbons (Fsp3) is 0.812. The molecule has 2 rings (SSSR count). The molecule has 0 aromatic carbocycles. The molecule has 1 fully saturated rings. The normalized spacial score (nSPS) is 19.3. The van der Waals surface area contributed by atoms with Gasteiger partial charge in [0.1, 0.15) is 6.04 Å². The van der Waals surface area contributed by atoms with Crippen molar-refractivity contribution in [3.63, 3.8) is 0 Å². The standard InChI is InChI=1S/C16H30N6O2/c1-12(23)9-13-11-22(19-18-13)14(10-17)15(24)20-5-7-21(8-6-20)16(2,3)4/h11-12,14,23H,5-10,17H2,1-4H3/t12?,14-/m0/s1. The maximum absolute atomic E-state index is 12.8. The van der Waals surface area contributed by atoms with E-state index in [0.29, 0.717) is 25.2 Å². The first kappa shape index (κ1) is 18.8. The van der Waals surface area contributed by atoms with E-state index in [9.17, 15) is 9.90 Å². The monoisotopic (exact) mass is 338 g/mol. The van der Waals surface area contributed by atoms with Crippen LogP contribution in [0.4, 0.5) is 0 Å². The predicted molar refractivity (Wildman–Crippen MR) is 91.4 cm³/mol. The summed E-state index contributed by atoms with van der Waals surface area (Å²) in [7, 11) is 0. The lowest BCUT2D eigenvalue weighted by molar-refractivity contribution is -0.137. The Labute approximate surface area is 143 Å². The van der Waals surface area contributed by atoms with Crippen molar-refractivity contribution in [3.8, 4) is 0 Å². The molecule has 1 aliphatic rings. The lowest BCUT2D eigenvalue weighted by atomic mass is 10.0. The molecule has 8 nitrogen and oxygen atoms in total. The number of piperazine rings is 1. The predicted octanol–water partition coefficient (Wildman–Crippen LogP) is -0.356. The average Bonchev–Trinajstić information content (AvgIpc) is 2.94. The van der Waals surface area contributed by atoms with Gasteiger partial charge < -0.3 is 15.7 Å². The van der Waals surface area contributed by atoms with Crippen molar-refractivity contribution < 1.29 is 9.90 Å². The Kier molecular flexibility index (Phi) is 5.95. The molecule has 3 N–H and O–H groups in total. The van der Waals surface area contributed by atoms with E-state index in [1.807, 2.05) is 4.90 Å². The number of carbonyl (C=O) groups is 1. The number of amides is 1. The third-order valence-electron chi connectivity index (χ3n) is 4.43. The molecule has 1 aromatic rings. The van der Waals surface area contributed by atoms with Gasteiger partial charge in [-0.05, 0) is 27.7 Å². The highest BCUT2D eigenvalue weighted by Gasteiger charge is 2.31. The molecule has 1 saturated heterocycles. The van der Waals surface area contributed by atoms with E-state index in [4.69, 9.17) is 5.73 Å². The van der Waals surface area contributed by atoms with Gasteiger partial charge in [0, 0.05) is 50.9 Å². The Hall–Kier alpha value is -1.51. The van der Waals surface area contributed by atoms with Crippen molar-refractivity contribution in [2.75, 3.05) is 32.7 Å². The highest BCUT2D eigenvalue weighted by Crippen LogP contribution is 2.18. The molecule has 0 spiro atoms. The number of hydrogen-bond acceptors (Lipinski definition) is 6. The lowest BCUT2D eigenvalue weighted by Gasteiger charge is -2.42. The minimum Gasteiger partial charge on any atom is -0.393 e. The number of carbonyl (C=O) groups excluding carboxylic acids is 1. The van der Waals surface area contributed by atoms with E-state index in [2.05, 4.69) is 36.0 Å². The Morgan fingerprint density at radius 1 is 1.33 bits per heavy atom. The van der Waals surface area contributed by atoms with Crippen LogP contribution in [0, 0.1) is 0 Å². The van der Waals surface area contributed by atoms with Gasteiger partial charge in [0.15, 0.2) is 0 Å². The minimum atomic E-state index is -0.540. The van der Waals surface area contributed by atoms with Crippen molar-refractivity contribution >= 4 is 5.91 Å². The van der Waals surface area contributed by atoms with Crippen molar-refractivity contribution in [3.05, 3.63) is 11.9 Å². The summed E-state index contributed by atoms with van der Waals surface area (Å²) in [6, 6.07) is -0.540. The summed E-state index contributed by atoms with van der Waals surface area (Å²) < 4.78 is 1.52. The molecule has 0 bridgehead atoms. The molecular weight excluding hydrogens is 308 g/mol. The second-order valence-corrected chi connectivity index (χ2v) is 7.48. The zero-order chi connectivity index (χ0) is 17.9. The van der Waals surface area contributed by atoms with Gasteiger partial charge in [-0.25, -0.2) is 4.68 Å². The van der Waals surface area contributed by atoms with Crippen molar-refractivity contribution in [1.29, 1.82) is 0 Å². The maximum Gasteiger partial charge on any atom is 0.248 e. The largest absolute Gasteiger partial charge is 0.393 e. The quantitative estimate of drug-likeness (QED) is 0.761. The van der Waals surface area contributed by atoms with Crippen LogP contribution in [-0.4, -0.2) is 80.2 Å². The van der Waals surface area contributed by atoms with Crippen LogP contribution in [0.5, 0.6) is 0 Å². The van der Waals surface area contributed by atoms with E-state index in [1.165, 1.54) is 4.68 Å². The van der Waals surface area contributed by atoms with E-state index >= 15 is 0 Å². The molecule has 2 heterocycles. The fourth-order valence-electron chi connectivity index (χ4n) is 2.99. The van der Waals surface area contributed by atoms with Crippen molar-refractivity contribution in [2.45, 2.75) is 51.8 Å². The summed E-state index contributed by atoms with van der Waals surface area (Å²) in [6.45, 7) is 11.5. The van der Waals surface area contributed by atoms with Crippen LogP contribution < -0.4 is 5.73 Å². The van der Waals surface area contributed by atoms with Crippen molar-refractivity contribution in [2.24, 2.45) is 5.73 Å². The number of hydrogen-bond donors (Lipinski definition) is 2. The van der Waals surface area contributed by atoms with Crippen LogP contribution in [0.2, 0.25) is 0 Å². The Morgan fingerprint density at radius 2 is 1.96 bits per heavy atom. The smallest absolute Gasteiger partial charge is 0.248 e. The molecule has 2 atom stereocenters. The number of aliphatic hydroxyl groups excluding tert-OH is 1. The third kappa shape index (κ3) is 4.52. The average molecular weight is 338 g/mol. The second kappa shape index (κ2) is 7.58. The zero-order valence-electron chi connectivity index (χ0n) is 15.1. The van der Waals surface area contributed by atoms with Crippen LogP contribution in [0.1, 0.15) is 39.4 Å². The molecule has 1 aromatic heterocycles. The lowest BCUT2D eigenvalue weighted by Crippen LogP contribution is -2.56. The van der Waals surface area contributed by atoms with Gasteiger partial charge >= 0.3 is 0 Å². The molecule has 0 saturated carbocycles. The first-order valence-electron chi connectivity index (χ1n) is 8.55. The SMILES string of the molecule is CC(O)Cc1cn([C@@H](CN)C(=O)N2CCN(C(C)(C)C)CC2)nn1. The van der Waals surface area contributed by atoms with Crippen LogP contribution >= 0.6 is 0 Å². The zero-order valence-corrected chi connectivity index (χ0v) is 15.1. The summed E-state index contributed by atoms with van der Waals surface area (Å²) in [5, 5.41) is 17.5. The van der Waals surface area contributed by atoms with Gasteiger partial charge in [-0.1, -0.05) is 5.21 Å².